The lowest BCUT2D eigenvalue weighted by atomic mass is 9.78. The number of carboxylic acids is 1. The van der Waals surface area contributed by atoms with Crippen molar-refractivity contribution in [3.8, 4) is 0 Å². The molecule has 15 nitrogen and oxygen atoms in total. The number of carboxylic acid groups (broad SMARTS) is 1. The third-order valence-electron chi connectivity index (χ3n) is 7.40. The van der Waals surface area contributed by atoms with Crippen LogP contribution in [0, 0.1) is 11.8 Å². The molecule has 2 bridgehead atoms. The Hall–Kier alpha value is -3.76. The van der Waals surface area contributed by atoms with Gasteiger partial charge < -0.3 is 38.4 Å². The molecular weight excluding hydrogens is 596 g/mol. The molecular formula is C30H42N2O13. The van der Waals surface area contributed by atoms with Crippen molar-refractivity contribution in [3.05, 3.63) is 30.3 Å². The Morgan fingerprint density at radius 1 is 0.889 bits per heavy atom. The highest BCUT2D eigenvalue weighted by atomic mass is 16.6. The predicted molar refractivity (Wildman–Crippen MR) is 156 cm³/mol. The van der Waals surface area contributed by atoms with E-state index >= 15 is 0 Å². The first-order chi connectivity index (χ1) is 21.1. The van der Waals surface area contributed by atoms with E-state index in [2.05, 4.69) is 35.1 Å². The first-order valence-electron chi connectivity index (χ1n) is 14.2. The minimum Gasteiger partial charge on any atom is -0.480 e. The molecule has 0 saturated carbocycles. The molecule has 1 aromatic carbocycles. The number of anilines is 1. The van der Waals surface area contributed by atoms with Crippen LogP contribution in [0.4, 0.5) is 5.69 Å². The topological polar surface area (TPSA) is 185 Å². The summed E-state index contributed by atoms with van der Waals surface area (Å²) in [7, 11) is 1.40. The third-order valence-corrected chi connectivity index (χ3v) is 7.40. The van der Waals surface area contributed by atoms with Gasteiger partial charge in [0, 0.05) is 7.11 Å². The molecule has 6 atom stereocenters. The summed E-state index contributed by atoms with van der Waals surface area (Å²) < 4.78 is 29.9. The number of imide groups is 1. The van der Waals surface area contributed by atoms with Gasteiger partial charge in [-0.05, 0) is 31.8 Å². The van der Waals surface area contributed by atoms with Crippen LogP contribution in [-0.2, 0) is 57.2 Å². The van der Waals surface area contributed by atoms with Crippen LogP contribution >= 0.6 is 0 Å². The molecule has 1 aromatic rings. The number of amides is 2. The molecule has 15 heteroatoms. The Bertz CT molecular complexity index is 1170. The van der Waals surface area contributed by atoms with E-state index in [1.165, 1.54) is 26.7 Å². The van der Waals surface area contributed by atoms with Gasteiger partial charge in [0.05, 0.1) is 17.5 Å². The number of nitrogens with zero attached hydrogens (tertiary/aromatic N) is 2. The van der Waals surface area contributed by atoms with Gasteiger partial charge >= 0.3 is 23.9 Å². The fourth-order valence-corrected chi connectivity index (χ4v) is 5.41. The summed E-state index contributed by atoms with van der Waals surface area (Å²) in [4.78, 5) is 72.2. The maximum Gasteiger partial charge on any atom is 0.339 e. The zero-order valence-electron chi connectivity index (χ0n) is 25.0. The number of aliphatic carboxylic acids is 1. The Morgan fingerprint density at radius 2 is 1.42 bits per heavy atom. The van der Waals surface area contributed by atoms with Crippen molar-refractivity contribution in [2.24, 2.45) is 11.8 Å². The average Bonchev–Trinajstić information content (AvgIpc) is 3.63. The zero-order valence-corrected chi connectivity index (χ0v) is 25.0. The van der Waals surface area contributed by atoms with Gasteiger partial charge in [-0.3, -0.25) is 9.59 Å². The molecule has 1 N–H and O–H groups in total. The van der Waals surface area contributed by atoms with Crippen LogP contribution in [0.1, 0.15) is 28.2 Å². The summed E-state index contributed by atoms with van der Waals surface area (Å²) in [6.45, 7) is 8.71. The minimum absolute atomic E-state index is 0. The Kier molecular flexibility index (Phi) is 14.7. The lowest BCUT2D eigenvalue weighted by Crippen LogP contribution is -2.50. The number of cyclic esters (lactones) is 2. The van der Waals surface area contributed by atoms with E-state index in [1.807, 2.05) is 0 Å². The maximum absolute atomic E-state index is 13.0. The van der Waals surface area contributed by atoms with E-state index in [-0.39, 0.29) is 26.5 Å². The van der Waals surface area contributed by atoms with Gasteiger partial charge in [0.25, 0.3) is 0 Å². The molecule has 0 aromatic heterocycles. The highest BCUT2D eigenvalue weighted by Gasteiger charge is 2.70. The fourth-order valence-electron chi connectivity index (χ4n) is 5.41. The second kappa shape index (κ2) is 17.7. The number of para-hydroxylation sites is 1. The molecule has 0 spiro atoms. The number of hydrogen-bond donors (Lipinski definition) is 1. The first-order valence-corrected chi connectivity index (χ1v) is 14.2. The Labute approximate surface area is 261 Å². The number of carbonyl (C=O) groups is 6. The summed E-state index contributed by atoms with van der Waals surface area (Å²) in [5.41, 5.74) is 0.473. The molecule has 5 rings (SSSR count). The number of carbonyl (C=O) groups excluding carboxylic acids is 5. The van der Waals surface area contributed by atoms with Gasteiger partial charge in [0.2, 0.25) is 11.8 Å². The monoisotopic (exact) mass is 638 g/mol. The van der Waals surface area contributed by atoms with Gasteiger partial charge in [-0.2, -0.15) is 0 Å². The van der Waals surface area contributed by atoms with Gasteiger partial charge in [-0.1, -0.05) is 46.4 Å². The van der Waals surface area contributed by atoms with Crippen molar-refractivity contribution in [3.63, 3.8) is 0 Å². The smallest absolute Gasteiger partial charge is 0.339 e. The summed E-state index contributed by atoms with van der Waals surface area (Å²) in [5, 5.41) is 8.56. The highest BCUT2D eigenvalue weighted by molar-refractivity contribution is 6.23. The average molecular weight is 639 g/mol. The number of methoxy groups -OCH3 is 1. The van der Waals surface area contributed by atoms with Crippen LogP contribution < -0.4 is 4.90 Å². The number of hydrogen-bond acceptors (Lipinski definition) is 13. The largest absolute Gasteiger partial charge is 0.480 e. The highest BCUT2D eigenvalue weighted by Crippen LogP contribution is 2.51. The standard InChI is InChI=1S/C19H19NO9.C6H15N.C4H4O4.CH4/c1-26-16-14-12-13(19(25)20(18(12)24)9-5-3-2-4-6-9)15(29-14)17(16)28-11(23)8-27-7-10(21)22;1-4-7(5-2)6-3;5-3-1-7-2-4(6)8-3;/h2-6,12-17H,7-8H2,1H3,(H,21,22);4-6H2,1-3H3;1-2H2;1H4/t12?,13?,14-,15?,16+,17?;;;/m0.../s1. The normalized spacial score (nSPS) is 26.2. The van der Waals surface area contributed by atoms with Crippen molar-refractivity contribution in [1.29, 1.82) is 0 Å². The third kappa shape index (κ3) is 9.14. The molecule has 45 heavy (non-hydrogen) atoms. The molecule has 4 saturated heterocycles. The van der Waals surface area contributed by atoms with Crippen molar-refractivity contribution in [2.45, 2.75) is 52.6 Å². The van der Waals surface area contributed by atoms with E-state index in [0.717, 1.165) is 4.90 Å². The number of esters is 3. The molecule has 4 heterocycles. The van der Waals surface area contributed by atoms with E-state index in [9.17, 15) is 28.8 Å². The van der Waals surface area contributed by atoms with Gasteiger partial charge in [0.15, 0.2) is 6.10 Å². The lowest BCUT2D eigenvalue weighted by molar-refractivity contribution is -0.174. The summed E-state index contributed by atoms with van der Waals surface area (Å²) >= 11 is 0. The molecule has 4 aliphatic heterocycles. The lowest BCUT2D eigenvalue weighted by Gasteiger charge is -2.31. The molecule has 4 fully saturated rings. The number of benzene rings is 1. The van der Waals surface area contributed by atoms with Crippen LogP contribution in [0.25, 0.3) is 0 Å². The van der Waals surface area contributed by atoms with Crippen LogP contribution in [0.3, 0.4) is 0 Å². The quantitative estimate of drug-likeness (QED) is 0.214. The number of rotatable bonds is 10. The summed E-state index contributed by atoms with van der Waals surface area (Å²) in [6, 6.07) is 8.59. The van der Waals surface area contributed by atoms with Crippen LogP contribution in [0.15, 0.2) is 30.3 Å². The first kappa shape index (κ1) is 37.4. The van der Waals surface area contributed by atoms with Gasteiger partial charge in [-0.15, -0.1) is 0 Å². The van der Waals surface area contributed by atoms with Gasteiger partial charge in [-0.25, -0.2) is 24.1 Å². The molecule has 2 amide bonds. The molecule has 0 radical (unpaired) electrons. The summed E-state index contributed by atoms with van der Waals surface area (Å²) in [6.07, 6.45) is -3.18. The van der Waals surface area contributed by atoms with Gasteiger partial charge in [0.1, 0.15) is 44.7 Å². The maximum atomic E-state index is 13.0. The molecule has 0 aliphatic carbocycles. The van der Waals surface area contributed by atoms with Crippen molar-refractivity contribution in [2.75, 3.05) is 58.1 Å². The molecule has 250 valence electrons. The Balaban J connectivity index is 0.000000364. The van der Waals surface area contributed by atoms with Crippen LogP contribution in [-0.4, -0.2) is 123 Å². The van der Waals surface area contributed by atoms with E-state index in [4.69, 9.17) is 24.1 Å². The van der Waals surface area contributed by atoms with Crippen molar-refractivity contribution in [1.82, 2.24) is 4.90 Å². The van der Waals surface area contributed by atoms with E-state index < -0.39 is 79.2 Å². The second-order valence-electron chi connectivity index (χ2n) is 9.96. The molecule has 4 aliphatic rings. The molecule has 4 unspecified atom stereocenters. The SMILES string of the molecule is C.CCN(CC)CC.CO[C@H]1C(OC(=O)COCC(=O)O)C2O[C@H]1C1C(=O)N(c3ccccc3)C(=O)C21.O=C1COCC(=O)O1. The van der Waals surface area contributed by atoms with Crippen LogP contribution in [0.5, 0.6) is 0 Å². The van der Waals surface area contributed by atoms with E-state index in [0.29, 0.717) is 5.69 Å². The Morgan fingerprint density at radius 3 is 1.84 bits per heavy atom. The van der Waals surface area contributed by atoms with Crippen molar-refractivity contribution >= 4 is 41.4 Å². The zero-order chi connectivity index (χ0) is 32.4. The minimum atomic E-state index is -1.21. The second-order valence-corrected chi connectivity index (χ2v) is 9.96. The number of fused-ring (bicyclic) bond motifs is 5. The predicted octanol–water partition coefficient (Wildman–Crippen LogP) is 0.672. The number of ether oxygens (including phenoxy) is 6. The van der Waals surface area contributed by atoms with Crippen molar-refractivity contribution < 1.29 is 62.3 Å². The van der Waals surface area contributed by atoms with E-state index in [1.54, 1.807) is 30.3 Å². The summed E-state index contributed by atoms with van der Waals surface area (Å²) in [5.74, 6) is -5.50. The van der Waals surface area contributed by atoms with Crippen LogP contribution in [0.2, 0.25) is 0 Å². The fraction of sp³-hybridized carbons (Fsp3) is 0.600.